The molecular formula is C17H20ClN. The molecule has 2 rings (SSSR count). The molecule has 0 heterocycles. The summed E-state index contributed by atoms with van der Waals surface area (Å²) < 4.78 is 0. The van der Waals surface area contributed by atoms with Gasteiger partial charge in [0.1, 0.15) is 0 Å². The average Bonchev–Trinajstić information content (AvgIpc) is 2.46. The minimum atomic E-state index is 0.268. The summed E-state index contributed by atoms with van der Waals surface area (Å²) in [7, 11) is 1.94. The van der Waals surface area contributed by atoms with Gasteiger partial charge in [-0.1, -0.05) is 54.9 Å². The van der Waals surface area contributed by atoms with Crippen molar-refractivity contribution in [3.8, 4) is 11.1 Å². The lowest BCUT2D eigenvalue weighted by molar-refractivity contribution is 0.652. The zero-order valence-corrected chi connectivity index (χ0v) is 12.5. The summed E-state index contributed by atoms with van der Waals surface area (Å²) in [4.78, 5) is 0. The quantitative estimate of drug-likeness (QED) is 0.840. The van der Waals surface area contributed by atoms with Crippen LogP contribution in [0, 0.1) is 0 Å². The molecule has 1 unspecified atom stereocenters. The van der Waals surface area contributed by atoms with Crippen LogP contribution in [0.25, 0.3) is 11.1 Å². The van der Waals surface area contributed by atoms with Crippen LogP contribution in [0.2, 0.25) is 5.02 Å². The highest BCUT2D eigenvalue weighted by Gasteiger charge is 2.08. The molecule has 0 bridgehead atoms. The molecule has 0 aliphatic rings. The van der Waals surface area contributed by atoms with Crippen LogP contribution in [0.15, 0.2) is 42.5 Å². The van der Waals surface area contributed by atoms with Crippen LogP contribution in [0.1, 0.15) is 31.0 Å². The maximum absolute atomic E-state index is 6.37. The molecule has 2 aromatic rings. The largest absolute Gasteiger partial charge is 0.313 e. The molecule has 1 N–H and O–H groups in total. The molecule has 2 aromatic carbocycles. The fraction of sp³-hybridized carbons (Fsp3) is 0.294. The van der Waals surface area contributed by atoms with Gasteiger partial charge >= 0.3 is 0 Å². The number of halogens is 1. The Morgan fingerprint density at radius 2 is 1.68 bits per heavy atom. The van der Waals surface area contributed by atoms with E-state index in [1.165, 1.54) is 16.7 Å². The first-order valence-corrected chi connectivity index (χ1v) is 7.09. The van der Waals surface area contributed by atoms with Crippen molar-refractivity contribution < 1.29 is 0 Å². The number of nitrogens with one attached hydrogen (secondary N) is 1. The van der Waals surface area contributed by atoms with Crippen LogP contribution >= 0.6 is 11.6 Å². The van der Waals surface area contributed by atoms with E-state index in [4.69, 9.17) is 11.6 Å². The average molecular weight is 274 g/mol. The predicted molar refractivity (Wildman–Crippen MR) is 83.7 cm³/mol. The molecule has 0 spiro atoms. The molecule has 0 amide bonds. The third kappa shape index (κ3) is 3.17. The van der Waals surface area contributed by atoms with Crippen molar-refractivity contribution in [1.29, 1.82) is 0 Å². The first kappa shape index (κ1) is 14.1. The monoisotopic (exact) mass is 273 g/mol. The van der Waals surface area contributed by atoms with Crippen LogP contribution in [-0.2, 0) is 6.42 Å². The van der Waals surface area contributed by atoms with Gasteiger partial charge in [0, 0.05) is 11.1 Å². The molecule has 19 heavy (non-hydrogen) atoms. The molecule has 0 radical (unpaired) electrons. The minimum Gasteiger partial charge on any atom is -0.313 e. The lowest BCUT2D eigenvalue weighted by Gasteiger charge is -2.14. The topological polar surface area (TPSA) is 12.0 Å². The van der Waals surface area contributed by atoms with Gasteiger partial charge in [0.15, 0.2) is 0 Å². The fourth-order valence-corrected chi connectivity index (χ4v) is 2.49. The lowest BCUT2D eigenvalue weighted by Crippen LogP contribution is -2.12. The van der Waals surface area contributed by atoms with E-state index >= 15 is 0 Å². The Morgan fingerprint density at radius 3 is 2.21 bits per heavy atom. The molecule has 1 atom stereocenters. The first-order valence-electron chi connectivity index (χ1n) is 6.71. The van der Waals surface area contributed by atoms with Crippen molar-refractivity contribution in [2.45, 2.75) is 26.3 Å². The van der Waals surface area contributed by atoms with E-state index in [1.54, 1.807) is 0 Å². The molecule has 0 aliphatic heterocycles. The van der Waals surface area contributed by atoms with Crippen molar-refractivity contribution in [2.75, 3.05) is 7.05 Å². The van der Waals surface area contributed by atoms with Crippen LogP contribution in [0.3, 0.4) is 0 Å². The maximum atomic E-state index is 6.37. The molecular weight excluding hydrogens is 254 g/mol. The molecule has 1 nitrogen and oxygen atoms in total. The molecule has 100 valence electrons. The SMILES string of the molecule is CCc1ccc(-c2ccc(C(C)NC)c(Cl)c2)cc1. The van der Waals surface area contributed by atoms with Crippen LogP contribution in [0.5, 0.6) is 0 Å². The molecule has 0 aliphatic carbocycles. The number of benzene rings is 2. The Bertz CT molecular complexity index is 546. The summed E-state index contributed by atoms with van der Waals surface area (Å²) in [6.07, 6.45) is 1.07. The molecule has 0 fully saturated rings. The third-order valence-corrected chi connectivity index (χ3v) is 3.92. The van der Waals surface area contributed by atoms with Crippen molar-refractivity contribution in [1.82, 2.24) is 5.32 Å². The van der Waals surface area contributed by atoms with Gasteiger partial charge < -0.3 is 5.32 Å². The minimum absolute atomic E-state index is 0.268. The highest BCUT2D eigenvalue weighted by Crippen LogP contribution is 2.29. The summed E-state index contributed by atoms with van der Waals surface area (Å²) in [5, 5.41) is 4.03. The number of rotatable bonds is 4. The zero-order chi connectivity index (χ0) is 13.8. The van der Waals surface area contributed by atoms with E-state index in [0.717, 1.165) is 17.0 Å². The Hall–Kier alpha value is -1.31. The highest BCUT2D eigenvalue weighted by atomic mass is 35.5. The second kappa shape index (κ2) is 6.23. The Kier molecular flexibility index (Phi) is 4.62. The Morgan fingerprint density at radius 1 is 1.05 bits per heavy atom. The van der Waals surface area contributed by atoms with Crippen molar-refractivity contribution in [3.63, 3.8) is 0 Å². The predicted octanol–water partition coefficient (Wildman–Crippen LogP) is 4.85. The fourth-order valence-electron chi connectivity index (χ4n) is 2.15. The van der Waals surface area contributed by atoms with E-state index < -0.39 is 0 Å². The van der Waals surface area contributed by atoms with Crippen LogP contribution in [0.4, 0.5) is 0 Å². The second-order valence-electron chi connectivity index (χ2n) is 4.80. The van der Waals surface area contributed by atoms with Crippen LogP contribution in [-0.4, -0.2) is 7.05 Å². The second-order valence-corrected chi connectivity index (χ2v) is 5.20. The van der Waals surface area contributed by atoms with Gasteiger partial charge in [-0.05, 0) is 48.7 Å². The Labute approximate surface area is 120 Å². The number of hydrogen-bond donors (Lipinski definition) is 1. The van der Waals surface area contributed by atoms with E-state index in [1.807, 2.05) is 13.1 Å². The van der Waals surface area contributed by atoms with E-state index in [0.29, 0.717) is 0 Å². The van der Waals surface area contributed by atoms with Gasteiger partial charge in [0.2, 0.25) is 0 Å². The zero-order valence-electron chi connectivity index (χ0n) is 11.7. The summed E-state index contributed by atoms with van der Waals surface area (Å²) in [5.41, 5.74) is 4.87. The summed E-state index contributed by atoms with van der Waals surface area (Å²) in [6, 6.07) is 15.2. The van der Waals surface area contributed by atoms with E-state index in [-0.39, 0.29) is 6.04 Å². The van der Waals surface area contributed by atoms with Crippen LogP contribution < -0.4 is 5.32 Å². The molecule has 0 saturated heterocycles. The highest BCUT2D eigenvalue weighted by molar-refractivity contribution is 6.31. The van der Waals surface area contributed by atoms with Crippen molar-refractivity contribution >= 4 is 11.6 Å². The molecule has 2 heteroatoms. The number of aryl methyl sites for hydroxylation is 1. The summed E-state index contributed by atoms with van der Waals surface area (Å²) in [5.74, 6) is 0. The Balaban J connectivity index is 2.33. The normalized spacial score (nSPS) is 12.4. The van der Waals surface area contributed by atoms with Gasteiger partial charge in [-0.25, -0.2) is 0 Å². The van der Waals surface area contributed by atoms with E-state index in [9.17, 15) is 0 Å². The smallest absolute Gasteiger partial charge is 0.0459 e. The lowest BCUT2D eigenvalue weighted by atomic mass is 10.00. The van der Waals surface area contributed by atoms with Gasteiger partial charge in [-0.15, -0.1) is 0 Å². The molecule has 0 aromatic heterocycles. The molecule has 0 saturated carbocycles. The van der Waals surface area contributed by atoms with E-state index in [2.05, 4.69) is 55.6 Å². The third-order valence-electron chi connectivity index (χ3n) is 3.60. The first-order chi connectivity index (χ1) is 9.15. The number of hydrogen-bond acceptors (Lipinski definition) is 1. The standard InChI is InChI=1S/C17H20ClN/c1-4-13-5-7-14(8-6-13)15-9-10-16(12(2)19-3)17(18)11-15/h5-12,19H,4H2,1-3H3. The summed E-state index contributed by atoms with van der Waals surface area (Å²) in [6.45, 7) is 4.27. The van der Waals surface area contributed by atoms with Gasteiger partial charge in [0.05, 0.1) is 0 Å². The summed E-state index contributed by atoms with van der Waals surface area (Å²) >= 11 is 6.37. The van der Waals surface area contributed by atoms with Gasteiger partial charge in [-0.2, -0.15) is 0 Å². The van der Waals surface area contributed by atoms with Gasteiger partial charge in [-0.3, -0.25) is 0 Å². The maximum Gasteiger partial charge on any atom is 0.0459 e. The van der Waals surface area contributed by atoms with Gasteiger partial charge in [0.25, 0.3) is 0 Å². The van der Waals surface area contributed by atoms with Crippen molar-refractivity contribution in [2.24, 2.45) is 0 Å². The van der Waals surface area contributed by atoms with Crippen molar-refractivity contribution in [3.05, 3.63) is 58.6 Å².